The average Bonchev–Trinajstić information content (AvgIpc) is 3.13. The average molecular weight is 537 g/mol. The molecule has 0 aliphatic carbocycles. The van der Waals surface area contributed by atoms with Gasteiger partial charge in [0, 0.05) is 22.8 Å². The highest BCUT2D eigenvalue weighted by Gasteiger charge is 2.25. The Balaban J connectivity index is 1.65. The molecule has 2 N–H and O–H groups in total. The minimum atomic E-state index is -0.324. The number of hydrogen-bond donors (Lipinski definition) is 2. The van der Waals surface area contributed by atoms with Crippen molar-refractivity contribution in [3.8, 4) is 0 Å². The summed E-state index contributed by atoms with van der Waals surface area (Å²) in [6.07, 6.45) is 0. The largest absolute Gasteiger partial charge is 0.342 e. The Morgan fingerprint density at radius 2 is 1.88 bits per heavy atom. The molecule has 0 fully saturated rings. The zero-order valence-electron chi connectivity index (χ0n) is 17.8. The first-order chi connectivity index (χ1) is 15.3. The van der Waals surface area contributed by atoms with E-state index in [-0.39, 0.29) is 29.5 Å². The number of halogens is 2. The number of nitrogens with zero attached hydrogens (tertiary/aromatic N) is 3. The topological polar surface area (TPSA) is 88.9 Å². The van der Waals surface area contributed by atoms with E-state index >= 15 is 0 Å². The van der Waals surface area contributed by atoms with Gasteiger partial charge in [-0.05, 0) is 52.2 Å². The number of thioether (sulfide) groups is 1. The fourth-order valence-corrected chi connectivity index (χ4v) is 4.18. The van der Waals surface area contributed by atoms with Crippen LogP contribution in [0.15, 0.2) is 58.2 Å². The number of aromatic nitrogens is 3. The number of amides is 2. The van der Waals surface area contributed by atoms with Crippen molar-refractivity contribution in [3.05, 3.63) is 69.4 Å². The third-order valence-electron chi connectivity index (χ3n) is 4.67. The van der Waals surface area contributed by atoms with Crippen molar-refractivity contribution in [1.29, 1.82) is 0 Å². The Morgan fingerprint density at radius 3 is 2.53 bits per heavy atom. The van der Waals surface area contributed by atoms with E-state index < -0.39 is 0 Å². The summed E-state index contributed by atoms with van der Waals surface area (Å²) in [5.41, 5.74) is 1.23. The first-order valence-corrected chi connectivity index (χ1v) is 12.0. The van der Waals surface area contributed by atoms with E-state index in [1.807, 2.05) is 43.7 Å². The van der Waals surface area contributed by atoms with Crippen LogP contribution in [0.25, 0.3) is 0 Å². The number of hydrogen-bond acceptors (Lipinski definition) is 5. The van der Waals surface area contributed by atoms with Crippen molar-refractivity contribution >= 4 is 56.8 Å². The van der Waals surface area contributed by atoms with Crippen LogP contribution in [0.1, 0.15) is 36.1 Å². The van der Waals surface area contributed by atoms with Crippen LogP contribution in [0.2, 0.25) is 5.02 Å². The van der Waals surface area contributed by atoms with Crippen LogP contribution in [-0.2, 0) is 11.8 Å². The van der Waals surface area contributed by atoms with Gasteiger partial charge in [-0.15, -0.1) is 10.2 Å². The van der Waals surface area contributed by atoms with Gasteiger partial charge in [0.05, 0.1) is 16.8 Å². The van der Waals surface area contributed by atoms with E-state index in [0.717, 1.165) is 0 Å². The normalized spacial score (nSPS) is 11.9. The monoisotopic (exact) mass is 535 g/mol. The molecular formula is C22H23BrClN5O2S. The molecule has 0 spiro atoms. The van der Waals surface area contributed by atoms with Gasteiger partial charge in [-0.3, -0.25) is 9.59 Å². The summed E-state index contributed by atoms with van der Waals surface area (Å²) in [6, 6.07) is 13.9. The lowest BCUT2D eigenvalue weighted by Crippen LogP contribution is -2.33. The summed E-state index contributed by atoms with van der Waals surface area (Å²) >= 11 is 10.6. The zero-order valence-corrected chi connectivity index (χ0v) is 21.0. The molecule has 1 atom stereocenters. The fourth-order valence-electron chi connectivity index (χ4n) is 2.97. The zero-order chi connectivity index (χ0) is 23.3. The Labute approximate surface area is 204 Å². The molecule has 0 saturated carbocycles. The van der Waals surface area contributed by atoms with Gasteiger partial charge >= 0.3 is 0 Å². The standard InChI is InChI=1S/C22H23BrClN5O2S/c1-13(2)19(26-21(31)14-7-5-4-6-8-14)20-27-28-22(29(20)3)32-12-18(30)25-15-9-10-17(24)16(23)11-15/h4-11,13,19H,12H2,1-3H3,(H,25,30)(H,26,31)/t19-/m0/s1. The van der Waals surface area contributed by atoms with Crippen LogP contribution >= 0.6 is 39.3 Å². The lowest BCUT2D eigenvalue weighted by Gasteiger charge is -2.21. The minimum absolute atomic E-state index is 0.0927. The highest BCUT2D eigenvalue weighted by Crippen LogP contribution is 2.27. The van der Waals surface area contributed by atoms with Crippen molar-refractivity contribution in [3.63, 3.8) is 0 Å². The Morgan fingerprint density at radius 1 is 1.16 bits per heavy atom. The highest BCUT2D eigenvalue weighted by atomic mass is 79.9. The Bertz CT molecular complexity index is 1110. The van der Waals surface area contributed by atoms with Gasteiger partial charge in [-0.2, -0.15) is 0 Å². The Kier molecular flexibility index (Phi) is 8.33. The van der Waals surface area contributed by atoms with Gasteiger partial charge in [0.1, 0.15) is 0 Å². The van der Waals surface area contributed by atoms with E-state index in [9.17, 15) is 9.59 Å². The van der Waals surface area contributed by atoms with Crippen molar-refractivity contribution in [2.24, 2.45) is 13.0 Å². The molecule has 10 heteroatoms. The second-order valence-electron chi connectivity index (χ2n) is 7.43. The predicted molar refractivity (Wildman–Crippen MR) is 131 cm³/mol. The Hall–Kier alpha value is -2.36. The molecule has 0 aliphatic heterocycles. The summed E-state index contributed by atoms with van der Waals surface area (Å²) in [6.45, 7) is 4.02. The molecule has 1 aromatic heterocycles. The van der Waals surface area contributed by atoms with E-state index in [1.54, 1.807) is 30.3 Å². The molecule has 0 saturated heterocycles. The molecule has 0 aliphatic rings. The molecule has 0 unspecified atom stereocenters. The maximum atomic E-state index is 12.6. The molecule has 168 valence electrons. The summed E-state index contributed by atoms with van der Waals surface area (Å²) in [5.74, 6) is 0.542. The number of carbonyl (C=O) groups is 2. The summed E-state index contributed by atoms with van der Waals surface area (Å²) in [5, 5.41) is 15.6. The van der Waals surface area contributed by atoms with Crippen LogP contribution in [0, 0.1) is 5.92 Å². The van der Waals surface area contributed by atoms with Crippen molar-refractivity contribution < 1.29 is 9.59 Å². The van der Waals surface area contributed by atoms with E-state index in [1.165, 1.54) is 11.8 Å². The van der Waals surface area contributed by atoms with Crippen molar-refractivity contribution in [2.75, 3.05) is 11.1 Å². The first-order valence-electron chi connectivity index (χ1n) is 9.89. The van der Waals surface area contributed by atoms with Crippen molar-refractivity contribution in [1.82, 2.24) is 20.1 Å². The fraction of sp³-hybridized carbons (Fsp3) is 0.273. The van der Waals surface area contributed by atoms with Gasteiger partial charge in [0.25, 0.3) is 5.91 Å². The molecule has 0 radical (unpaired) electrons. The molecule has 0 bridgehead atoms. The third-order valence-corrected chi connectivity index (χ3v) is 6.91. The number of rotatable bonds is 8. The lowest BCUT2D eigenvalue weighted by molar-refractivity contribution is -0.113. The van der Waals surface area contributed by atoms with Crippen molar-refractivity contribution in [2.45, 2.75) is 25.0 Å². The van der Waals surface area contributed by atoms with Gasteiger partial charge in [-0.1, -0.05) is 55.4 Å². The van der Waals surface area contributed by atoms with Gasteiger partial charge in [0.15, 0.2) is 11.0 Å². The molecule has 2 aromatic carbocycles. The lowest BCUT2D eigenvalue weighted by atomic mass is 10.0. The highest BCUT2D eigenvalue weighted by molar-refractivity contribution is 9.10. The maximum absolute atomic E-state index is 12.6. The van der Waals surface area contributed by atoms with E-state index in [4.69, 9.17) is 11.6 Å². The number of anilines is 1. The van der Waals surface area contributed by atoms with Gasteiger partial charge in [0.2, 0.25) is 5.91 Å². The minimum Gasteiger partial charge on any atom is -0.342 e. The SMILES string of the molecule is CC(C)[C@H](NC(=O)c1ccccc1)c1nnc(SCC(=O)Nc2ccc(Cl)c(Br)c2)n1C. The quantitative estimate of drug-likeness (QED) is 0.392. The second-order valence-corrected chi connectivity index (χ2v) is 9.63. The third kappa shape index (κ3) is 6.11. The number of nitrogens with one attached hydrogen (secondary N) is 2. The maximum Gasteiger partial charge on any atom is 0.251 e. The number of carbonyl (C=O) groups excluding carboxylic acids is 2. The second kappa shape index (κ2) is 11.0. The van der Waals surface area contributed by atoms with Crippen LogP contribution in [0.5, 0.6) is 0 Å². The smallest absolute Gasteiger partial charge is 0.251 e. The molecule has 32 heavy (non-hydrogen) atoms. The van der Waals surface area contributed by atoms with Crippen LogP contribution in [0.3, 0.4) is 0 Å². The molecule has 3 aromatic rings. The van der Waals surface area contributed by atoms with Crippen LogP contribution in [-0.4, -0.2) is 32.3 Å². The molecule has 7 nitrogen and oxygen atoms in total. The predicted octanol–water partition coefficient (Wildman–Crippen LogP) is 5.09. The van der Waals surface area contributed by atoms with Gasteiger partial charge < -0.3 is 15.2 Å². The molecular weight excluding hydrogens is 514 g/mol. The van der Waals surface area contributed by atoms with Crippen LogP contribution < -0.4 is 10.6 Å². The summed E-state index contributed by atoms with van der Waals surface area (Å²) in [4.78, 5) is 25.0. The summed E-state index contributed by atoms with van der Waals surface area (Å²) in [7, 11) is 1.83. The van der Waals surface area contributed by atoms with Crippen LogP contribution in [0.4, 0.5) is 5.69 Å². The molecule has 3 rings (SSSR count). The van der Waals surface area contributed by atoms with E-state index in [0.29, 0.717) is 31.7 Å². The molecule has 1 heterocycles. The van der Waals surface area contributed by atoms with E-state index in [2.05, 4.69) is 36.8 Å². The van der Waals surface area contributed by atoms with Gasteiger partial charge in [-0.25, -0.2) is 0 Å². The number of benzene rings is 2. The molecule has 2 amide bonds. The summed E-state index contributed by atoms with van der Waals surface area (Å²) < 4.78 is 2.52. The first kappa shape index (κ1) is 24.3.